The van der Waals surface area contributed by atoms with E-state index in [1.165, 1.54) is 0 Å². The highest BCUT2D eigenvalue weighted by atomic mass is 15.4. The van der Waals surface area contributed by atoms with Gasteiger partial charge in [-0.3, -0.25) is 5.43 Å². The average Bonchev–Trinajstić information content (AvgIpc) is 2.42. The molecular weight excluding hydrogens is 238 g/mol. The van der Waals surface area contributed by atoms with E-state index in [0.717, 1.165) is 31.7 Å². The number of benzene rings is 1. The van der Waals surface area contributed by atoms with E-state index in [2.05, 4.69) is 41.2 Å². The second-order valence-electron chi connectivity index (χ2n) is 4.65. The van der Waals surface area contributed by atoms with Gasteiger partial charge in [-0.05, 0) is 46.1 Å². The Labute approximate surface area is 116 Å². The summed E-state index contributed by atoms with van der Waals surface area (Å²) in [6, 6.07) is 9.84. The van der Waals surface area contributed by atoms with E-state index < -0.39 is 0 Å². The van der Waals surface area contributed by atoms with Crippen molar-refractivity contribution in [3.05, 3.63) is 30.3 Å². The SMILES string of the molecule is CCN(CCCN(C)C)C(=Nc1ccccc1)NN. The first-order valence-electron chi connectivity index (χ1n) is 6.67. The molecule has 0 unspecified atom stereocenters. The van der Waals surface area contributed by atoms with Gasteiger partial charge in [-0.2, -0.15) is 0 Å². The number of aliphatic imine (C=N–C) groups is 1. The van der Waals surface area contributed by atoms with Crippen LogP contribution in [0.2, 0.25) is 0 Å². The molecule has 1 aromatic carbocycles. The molecule has 0 aromatic heterocycles. The fourth-order valence-electron chi connectivity index (χ4n) is 1.81. The van der Waals surface area contributed by atoms with E-state index in [9.17, 15) is 0 Å². The summed E-state index contributed by atoms with van der Waals surface area (Å²) < 4.78 is 0. The normalized spacial score (nSPS) is 11.7. The third kappa shape index (κ3) is 5.72. The first-order valence-corrected chi connectivity index (χ1v) is 6.67. The lowest BCUT2D eigenvalue weighted by molar-refractivity contribution is 0.349. The van der Waals surface area contributed by atoms with Crippen LogP contribution >= 0.6 is 0 Å². The highest BCUT2D eigenvalue weighted by Crippen LogP contribution is 2.10. The van der Waals surface area contributed by atoms with Gasteiger partial charge in [0.15, 0.2) is 0 Å². The van der Waals surface area contributed by atoms with Crippen LogP contribution < -0.4 is 11.3 Å². The third-order valence-corrected chi connectivity index (χ3v) is 2.83. The highest BCUT2D eigenvalue weighted by molar-refractivity contribution is 5.82. The second kappa shape index (κ2) is 8.50. The maximum Gasteiger partial charge on any atom is 0.213 e. The topological polar surface area (TPSA) is 56.9 Å². The van der Waals surface area contributed by atoms with E-state index in [1.807, 2.05) is 30.3 Å². The molecule has 0 fully saturated rings. The summed E-state index contributed by atoms with van der Waals surface area (Å²) in [5, 5.41) is 0. The van der Waals surface area contributed by atoms with Crippen LogP contribution in [0.3, 0.4) is 0 Å². The summed E-state index contributed by atoms with van der Waals surface area (Å²) >= 11 is 0. The lowest BCUT2D eigenvalue weighted by atomic mass is 10.3. The van der Waals surface area contributed by atoms with E-state index in [0.29, 0.717) is 5.96 Å². The molecule has 19 heavy (non-hydrogen) atoms. The molecule has 1 rings (SSSR count). The van der Waals surface area contributed by atoms with Crippen molar-refractivity contribution in [2.24, 2.45) is 10.8 Å². The number of hydrogen-bond donors (Lipinski definition) is 2. The first-order chi connectivity index (χ1) is 9.17. The van der Waals surface area contributed by atoms with E-state index >= 15 is 0 Å². The van der Waals surface area contributed by atoms with Gasteiger partial charge in [0.2, 0.25) is 5.96 Å². The molecule has 3 N–H and O–H groups in total. The number of rotatable bonds is 6. The molecule has 0 saturated heterocycles. The predicted octanol–water partition coefficient (Wildman–Crippen LogP) is 1.41. The van der Waals surface area contributed by atoms with Crippen molar-refractivity contribution in [1.29, 1.82) is 0 Å². The Morgan fingerprint density at radius 3 is 2.42 bits per heavy atom. The summed E-state index contributed by atoms with van der Waals surface area (Å²) in [5.74, 6) is 6.31. The Morgan fingerprint density at radius 1 is 1.21 bits per heavy atom. The number of nitrogens with one attached hydrogen (secondary N) is 1. The van der Waals surface area contributed by atoms with E-state index in [1.54, 1.807) is 0 Å². The molecular formula is C14H25N5. The van der Waals surface area contributed by atoms with E-state index in [4.69, 9.17) is 5.84 Å². The van der Waals surface area contributed by atoms with E-state index in [-0.39, 0.29) is 0 Å². The maximum atomic E-state index is 5.60. The maximum absolute atomic E-state index is 5.60. The summed E-state index contributed by atoms with van der Waals surface area (Å²) in [6.07, 6.45) is 1.08. The molecule has 0 saturated carbocycles. The van der Waals surface area contributed by atoms with Crippen LogP contribution in [0.1, 0.15) is 13.3 Å². The smallest absolute Gasteiger partial charge is 0.213 e. The van der Waals surface area contributed by atoms with Crippen LogP contribution in [0.5, 0.6) is 0 Å². The molecule has 5 heteroatoms. The zero-order valence-electron chi connectivity index (χ0n) is 12.1. The average molecular weight is 263 g/mol. The monoisotopic (exact) mass is 263 g/mol. The Kier molecular flexibility index (Phi) is 6.92. The molecule has 1 aromatic rings. The van der Waals surface area contributed by atoms with Crippen LogP contribution in [0.25, 0.3) is 0 Å². The summed E-state index contributed by atoms with van der Waals surface area (Å²) in [5.41, 5.74) is 3.61. The number of hydrogen-bond acceptors (Lipinski definition) is 3. The van der Waals surface area contributed by atoms with Gasteiger partial charge >= 0.3 is 0 Å². The molecule has 0 aliphatic heterocycles. The number of nitrogens with zero attached hydrogens (tertiary/aromatic N) is 3. The lowest BCUT2D eigenvalue weighted by Gasteiger charge is -2.24. The largest absolute Gasteiger partial charge is 0.342 e. The minimum absolute atomic E-state index is 0.715. The van der Waals surface area contributed by atoms with Crippen LogP contribution in [0.15, 0.2) is 35.3 Å². The van der Waals surface area contributed by atoms with Gasteiger partial charge in [-0.25, -0.2) is 10.8 Å². The third-order valence-electron chi connectivity index (χ3n) is 2.83. The molecule has 0 aliphatic rings. The zero-order chi connectivity index (χ0) is 14.1. The molecule has 0 radical (unpaired) electrons. The van der Waals surface area contributed by atoms with Crippen molar-refractivity contribution in [2.45, 2.75) is 13.3 Å². The number of guanidine groups is 1. The van der Waals surface area contributed by atoms with Gasteiger partial charge in [0.1, 0.15) is 0 Å². The quantitative estimate of drug-likeness (QED) is 0.353. The molecule has 0 spiro atoms. The molecule has 0 atom stereocenters. The van der Waals surface area contributed by atoms with Gasteiger partial charge < -0.3 is 9.80 Å². The second-order valence-corrected chi connectivity index (χ2v) is 4.65. The van der Waals surface area contributed by atoms with Crippen molar-refractivity contribution in [3.8, 4) is 0 Å². The molecule has 0 bridgehead atoms. The molecule has 0 heterocycles. The minimum Gasteiger partial charge on any atom is -0.342 e. The van der Waals surface area contributed by atoms with Gasteiger partial charge in [0.25, 0.3) is 0 Å². The number of nitrogens with two attached hydrogens (primary N) is 1. The van der Waals surface area contributed by atoms with Crippen molar-refractivity contribution < 1.29 is 0 Å². The van der Waals surface area contributed by atoms with Crippen LogP contribution in [-0.2, 0) is 0 Å². The molecule has 106 valence electrons. The number of hydrazine groups is 1. The summed E-state index contributed by atoms with van der Waals surface area (Å²) in [6.45, 7) is 4.97. The molecule has 5 nitrogen and oxygen atoms in total. The Balaban J connectivity index is 2.67. The lowest BCUT2D eigenvalue weighted by Crippen LogP contribution is -2.45. The fourth-order valence-corrected chi connectivity index (χ4v) is 1.81. The van der Waals surface area contributed by atoms with Gasteiger partial charge in [-0.1, -0.05) is 18.2 Å². The van der Waals surface area contributed by atoms with Gasteiger partial charge in [-0.15, -0.1) is 0 Å². The summed E-state index contributed by atoms with van der Waals surface area (Å²) in [4.78, 5) is 8.87. The molecule has 0 aliphatic carbocycles. The zero-order valence-corrected chi connectivity index (χ0v) is 12.1. The Bertz CT molecular complexity index is 375. The van der Waals surface area contributed by atoms with Crippen LogP contribution in [-0.4, -0.2) is 49.5 Å². The Morgan fingerprint density at radius 2 is 1.89 bits per heavy atom. The number of para-hydroxylation sites is 1. The first kappa shape index (κ1) is 15.5. The Hall–Kier alpha value is -1.59. The van der Waals surface area contributed by atoms with Gasteiger partial charge in [0, 0.05) is 13.1 Å². The molecule has 0 amide bonds. The highest BCUT2D eigenvalue weighted by Gasteiger charge is 2.08. The van der Waals surface area contributed by atoms with Crippen LogP contribution in [0, 0.1) is 0 Å². The predicted molar refractivity (Wildman–Crippen MR) is 81.3 cm³/mol. The van der Waals surface area contributed by atoms with Gasteiger partial charge in [0.05, 0.1) is 5.69 Å². The summed E-state index contributed by atoms with van der Waals surface area (Å²) in [7, 11) is 4.16. The van der Waals surface area contributed by atoms with Crippen molar-refractivity contribution in [3.63, 3.8) is 0 Å². The van der Waals surface area contributed by atoms with Crippen LogP contribution in [0.4, 0.5) is 5.69 Å². The minimum atomic E-state index is 0.715. The van der Waals surface area contributed by atoms with Crippen molar-refractivity contribution >= 4 is 11.6 Å². The van der Waals surface area contributed by atoms with Crippen molar-refractivity contribution in [1.82, 2.24) is 15.2 Å². The fraction of sp³-hybridized carbons (Fsp3) is 0.500. The van der Waals surface area contributed by atoms with Crippen molar-refractivity contribution in [2.75, 3.05) is 33.7 Å². The standard InChI is InChI=1S/C14H25N5/c1-4-19(12-8-11-18(2)3)14(17-15)16-13-9-6-5-7-10-13/h5-7,9-10H,4,8,11-12,15H2,1-3H3,(H,16,17).